The second kappa shape index (κ2) is 15.8. The standard InChI is InChI=1S/C41H50O10S/c1-26(42)19-35-34(47-23-30-15-9-5-10-16-30)20-36-39(49-35)33(25-52(44,45)32-17-11-6-12-18-32)37(43)40-38(50-36)27(2)28(3)41(51-40)21-31(24-48-41)46-22-29-13-7-4-8-14-29/h4-18,27-28,31,33-40,43H,19-25H2,1-3H3/t27-,28-,31-,33-,34+,35-,36-,37-,38+,39+,40-,41+/m0/s1. The molecule has 4 heterocycles. The van der Waals surface area contributed by atoms with E-state index in [1.54, 1.807) is 30.3 Å². The summed E-state index contributed by atoms with van der Waals surface area (Å²) in [5.41, 5.74) is 2.03. The van der Waals surface area contributed by atoms with Crippen molar-refractivity contribution in [3.05, 3.63) is 102 Å². The van der Waals surface area contributed by atoms with Crippen LogP contribution in [0.3, 0.4) is 0 Å². The van der Waals surface area contributed by atoms with Crippen LogP contribution in [0.2, 0.25) is 0 Å². The minimum Gasteiger partial charge on any atom is -0.390 e. The predicted octanol–water partition coefficient (Wildman–Crippen LogP) is 5.30. The molecule has 1 N–H and O–H groups in total. The van der Waals surface area contributed by atoms with Gasteiger partial charge in [-0.3, -0.25) is 4.79 Å². The highest BCUT2D eigenvalue weighted by molar-refractivity contribution is 7.91. The summed E-state index contributed by atoms with van der Waals surface area (Å²) in [5.74, 6) is -2.79. The molecule has 3 aromatic carbocycles. The molecule has 0 unspecified atom stereocenters. The largest absolute Gasteiger partial charge is 0.390 e. The van der Waals surface area contributed by atoms with Gasteiger partial charge in [0.1, 0.15) is 11.9 Å². The Hall–Kier alpha value is -3.00. The Kier molecular flexibility index (Phi) is 11.3. The lowest BCUT2D eigenvalue weighted by Crippen LogP contribution is -2.61. The average Bonchev–Trinajstić information content (AvgIpc) is 3.53. The van der Waals surface area contributed by atoms with Crippen molar-refractivity contribution in [3.63, 3.8) is 0 Å². The summed E-state index contributed by atoms with van der Waals surface area (Å²) in [6.45, 7) is 6.71. The van der Waals surface area contributed by atoms with Gasteiger partial charge < -0.3 is 33.5 Å². The van der Waals surface area contributed by atoms with E-state index in [-0.39, 0.29) is 35.0 Å². The van der Waals surface area contributed by atoms with Crippen molar-refractivity contribution in [2.75, 3.05) is 12.4 Å². The van der Waals surface area contributed by atoms with Crippen LogP contribution in [0.1, 0.15) is 51.2 Å². The smallest absolute Gasteiger partial charge is 0.178 e. The van der Waals surface area contributed by atoms with Gasteiger partial charge in [-0.15, -0.1) is 0 Å². The molecule has 4 aliphatic heterocycles. The van der Waals surface area contributed by atoms with E-state index in [0.717, 1.165) is 11.1 Å². The van der Waals surface area contributed by atoms with Crippen LogP contribution in [0.25, 0.3) is 0 Å². The number of aliphatic hydroxyl groups is 1. The van der Waals surface area contributed by atoms with E-state index in [1.807, 2.05) is 60.7 Å². The number of hydrogen-bond acceptors (Lipinski definition) is 10. The highest BCUT2D eigenvalue weighted by Crippen LogP contribution is 2.50. The first-order valence-electron chi connectivity index (χ1n) is 18.4. The molecule has 0 saturated carbocycles. The molecule has 0 aliphatic carbocycles. The molecule has 0 aromatic heterocycles. The van der Waals surface area contributed by atoms with Crippen LogP contribution in [0.5, 0.6) is 0 Å². The van der Waals surface area contributed by atoms with E-state index in [4.69, 9.17) is 28.4 Å². The minimum atomic E-state index is -3.89. The number of carbonyl (C=O) groups excluding carboxylic acids is 1. The number of hydrogen-bond donors (Lipinski definition) is 1. The maximum absolute atomic E-state index is 14.0. The lowest BCUT2D eigenvalue weighted by molar-refractivity contribution is -0.338. The third kappa shape index (κ3) is 7.93. The van der Waals surface area contributed by atoms with Gasteiger partial charge in [0.2, 0.25) is 0 Å². The molecule has 4 aliphatic rings. The van der Waals surface area contributed by atoms with Gasteiger partial charge in [0.05, 0.1) is 73.2 Å². The van der Waals surface area contributed by atoms with Crippen LogP contribution in [0.4, 0.5) is 0 Å². The number of rotatable bonds is 11. The number of ether oxygens (including phenoxy) is 6. The molecule has 0 radical (unpaired) electrons. The Labute approximate surface area is 306 Å². The zero-order valence-corrected chi connectivity index (χ0v) is 30.8. The number of Topliss-reactive ketones (excluding diaryl/α,β-unsaturated/α-hetero) is 1. The molecule has 12 atom stereocenters. The van der Waals surface area contributed by atoms with Gasteiger partial charge in [-0.1, -0.05) is 92.7 Å². The highest BCUT2D eigenvalue weighted by Gasteiger charge is 2.62. The van der Waals surface area contributed by atoms with Crippen molar-refractivity contribution in [2.45, 2.75) is 113 Å². The number of fused-ring (bicyclic) bond motifs is 2. The monoisotopic (exact) mass is 734 g/mol. The summed E-state index contributed by atoms with van der Waals surface area (Å²) >= 11 is 0. The molecule has 0 amide bonds. The van der Waals surface area contributed by atoms with Gasteiger partial charge in [-0.2, -0.15) is 0 Å². The normalized spacial score (nSPS) is 36.1. The van der Waals surface area contributed by atoms with E-state index in [1.165, 1.54) is 6.92 Å². The Morgan fingerprint density at radius 2 is 1.46 bits per heavy atom. The Morgan fingerprint density at radius 3 is 2.10 bits per heavy atom. The number of carbonyl (C=O) groups is 1. The fraction of sp³-hybridized carbons (Fsp3) is 0.537. The summed E-state index contributed by atoms with van der Waals surface area (Å²) in [4.78, 5) is 12.7. The Morgan fingerprint density at radius 1 is 0.846 bits per heavy atom. The second-order valence-corrected chi connectivity index (χ2v) is 17.0. The van der Waals surface area contributed by atoms with Crippen molar-refractivity contribution in [3.8, 4) is 0 Å². The first-order valence-corrected chi connectivity index (χ1v) is 20.1. The Balaban J connectivity index is 1.18. The topological polar surface area (TPSA) is 127 Å². The van der Waals surface area contributed by atoms with E-state index < -0.39 is 70.0 Å². The van der Waals surface area contributed by atoms with E-state index in [0.29, 0.717) is 32.7 Å². The molecule has 280 valence electrons. The van der Waals surface area contributed by atoms with Gasteiger partial charge >= 0.3 is 0 Å². The lowest BCUT2D eigenvalue weighted by Gasteiger charge is -2.51. The number of ketones is 1. The fourth-order valence-corrected chi connectivity index (χ4v) is 10.1. The average molecular weight is 735 g/mol. The van der Waals surface area contributed by atoms with Crippen molar-refractivity contribution < 1.29 is 46.7 Å². The molecule has 1 spiro atoms. The summed E-state index contributed by atoms with van der Waals surface area (Å²) in [6.07, 6.45) is -4.81. The first kappa shape index (κ1) is 37.3. The van der Waals surface area contributed by atoms with Crippen LogP contribution in [-0.2, 0) is 56.3 Å². The molecule has 4 saturated heterocycles. The molecule has 3 aromatic rings. The summed E-state index contributed by atoms with van der Waals surface area (Å²) < 4.78 is 67.7. The molecule has 52 heavy (non-hydrogen) atoms. The van der Waals surface area contributed by atoms with Gasteiger partial charge in [-0.05, 0) is 36.1 Å². The van der Waals surface area contributed by atoms with Crippen LogP contribution >= 0.6 is 0 Å². The number of benzene rings is 3. The van der Waals surface area contributed by atoms with E-state index >= 15 is 0 Å². The SMILES string of the molecule is CC(=O)C[C@@H]1O[C@@H]2[C@@H](CS(=O)(=O)c3ccccc3)[C@H](O)[C@@H]3O[C@]4(C[C@H](OCc5ccccc5)CO4)[C@@H](C)[C@H](C)[C@H]3O[C@H]2C[C@H]1OCc1ccccc1. The molecule has 0 bridgehead atoms. The zero-order chi connectivity index (χ0) is 36.5. The molecule has 11 heteroatoms. The summed E-state index contributed by atoms with van der Waals surface area (Å²) in [7, 11) is -3.89. The second-order valence-electron chi connectivity index (χ2n) is 15.0. The highest BCUT2D eigenvalue weighted by atomic mass is 32.2. The Bertz CT molecular complexity index is 1740. The van der Waals surface area contributed by atoms with Crippen LogP contribution in [0, 0.1) is 17.8 Å². The van der Waals surface area contributed by atoms with Crippen molar-refractivity contribution in [1.29, 1.82) is 0 Å². The maximum Gasteiger partial charge on any atom is 0.178 e. The van der Waals surface area contributed by atoms with Crippen molar-refractivity contribution in [2.24, 2.45) is 17.8 Å². The maximum atomic E-state index is 14.0. The summed E-state index contributed by atoms with van der Waals surface area (Å²) in [6, 6.07) is 27.9. The zero-order valence-electron chi connectivity index (χ0n) is 30.0. The van der Waals surface area contributed by atoms with Crippen molar-refractivity contribution >= 4 is 15.6 Å². The van der Waals surface area contributed by atoms with Crippen LogP contribution in [0.15, 0.2) is 95.9 Å². The molecule has 10 nitrogen and oxygen atoms in total. The molecular formula is C41H50O10S. The van der Waals surface area contributed by atoms with Gasteiger partial charge in [0, 0.05) is 31.1 Å². The van der Waals surface area contributed by atoms with Gasteiger partial charge in [0.15, 0.2) is 15.6 Å². The first-order chi connectivity index (χ1) is 25.0. The number of sulfone groups is 1. The van der Waals surface area contributed by atoms with E-state index in [9.17, 15) is 18.3 Å². The van der Waals surface area contributed by atoms with Gasteiger partial charge in [0.25, 0.3) is 0 Å². The number of aliphatic hydroxyl groups excluding tert-OH is 1. The van der Waals surface area contributed by atoms with Gasteiger partial charge in [-0.25, -0.2) is 8.42 Å². The third-order valence-electron chi connectivity index (χ3n) is 11.4. The lowest BCUT2D eigenvalue weighted by atomic mass is 9.75. The predicted molar refractivity (Wildman–Crippen MR) is 192 cm³/mol. The summed E-state index contributed by atoms with van der Waals surface area (Å²) in [5, 5.41) is 12.4. The molecule has 7 rings (SSSR count). The third-order valence-corrected chi connectivity index (χ3v) is 13.2. The molecular weight excluding hydrogens is 685 g/mol. The quantitative estimate of drug-likeness (QED) is 0.278. The fourth-order valence-electron chi connectivity index (χ4n) is 8.45. The van der Waals surface area contributed by atoms with Crippen LogP contribution in [-0.4, -0.2) is 86.3 Å². The molecule has 4 fully saturated rings. The van der Waals surface area contributed by atoms with Crippen molar-refractivity contribution in [1.82, 2.24) is 0 Å². The van der Waals surface area contributed by atoms with E-state index in [2.05, 4.69) is 13.8 Å². The van der Waals surface area contributed by atoms with Crippen LogP contribution < -0.4 is 0 Å². The minimum absolute atomic E-state index is 0.0784.